The summed E-state index contributed by atoms with van der Waals surface area (Å²) in [6.45, 7) is 5.49. The first-order valence-corrected chi connectivity index (χ1v) is 13.2. The first-order chi connectivity index (χ1) is 15.6. The van der Waals surface area contributed by atoms with E-state index < -0.39 is 0 Å². The van der Waals surface area contributed by atoms with E-state index in [0.29, 0.717) is 17.7 Å². The van der Waals surface area contributed by atoms with Crippen molar-refractivity contribution in [3.8, 4) is 5.75 Å². The molecule has 3 N–H and O–H groups in total. The normalized spacial score (nSPS) is 43.6. The Morgan fingerprint density at radius 1 is 1.25 bits per heavy atom. The van der Waals surface area contributed by atoms with Crippen LogP contribution in [0, 0.1) is 29.6 Å². The third-order valence-electron chi connectivity index (χ3n) is 10.5. The second kappa shape index (κ2) is 6.96. The van der Waals surface area contributed by atoms with Crippen LogP contribution < -0.4 is 10.6 Å². The third-order valence-corrected chi connectivity index (χ3v) is 10.5. The van der Waals surface area contributed by atoms with Gasteiger partial charge >= 0.3 is 0 Å². The zero-order valence-electron chi connectivity index (χ0n) is 19.2. The van der Waals surface area contributed by atoms with Crippen LogP contribution in [0.5, 0.6) is 5.75 Å². The molecule has 172 valence electrons. The van der Waals surface area contributed by atoms with Crippen molar-refractivity contribution in [2.45, 2.75) is 75.4 Å². The molecule has 5 heteroatoms. The number of likely N-dealkylation sites (tertiary alicyclic amines) is 1. The van der Waals surface area contributed by atoms with Gasteiger partial charge < -0.3 is 15.7 Å². The maximum atomic E-state index is 12.8. The summed E-state index contributed by atoms with van der Waals surface area (Å²) in [5.41, 5.74) is 2.94. The lowest BCUT2D eigenvalue weighted by atomic mass is 9.45. The fourth-order valence-corrected chi connectivity index (χ4v) is 9.07. The molecule has 0 spiro atoms. The third kappa shape index (κ3) is 2.55. The molecule has 1 amide bonds. The second-order valence-electron chi connectivity index (χ2n) is 11.8. The number of rotatable bonds is 6. The largest absolute Gasteiger partial charge is 0.508 e. The molecule has 8 atom stereocenters. The summed E-state index contributed by atoms with van der Waals surface area (Å²) in [7, 11) is 0. The summed E-state index contributed by atoms with van der Waals surface area (Å²) in [5.74, 6) is 4.40. The molecule has 1 aromatic rings. The minimum Gasteiger partial charge on any atom is -0.508 e. The highest BCUT2D eigenvalue weighted by atomic mass is 16.3. The van der Waals surface area contributed by atoms with Crippen molar-refractivity contribution >= 4 is 5.91 Å². The highest BCUT2D eigenvalue weighted by molar-refractivity contribution is 5.81. The second-order valence-corrected chi connectivity index (χ2v) is 11.8. The maximum absolute atomic E-state index is 12.8. The van der Waals surface area contributed by atoms with E-state index in [9.17, 15) is 9.90 Å². The molecule has 2 aliphatic heterocycles. The Balaban J connectivity index is 1.18. The van der Waals surface area contributed by atoms with Crippen LogP contribution in [0.1, 0.15) is 56.6 Å². The molecule has 3 unspecified atom stereocenters. The summed E-state index contributed by atoms with van der Waals surface area (Å²) in [5, 5.41) is 17.1. The van der Waals surface area contributed by atoms with Gasteiger partial charge in [0.15, 0.2) is 0 Å². The molecule has 2 saturated heterocycles. The zero-order chi connectivity index (χ0) is 21.6. The van der Waals surface area contributed by atoms with Crippen LogP contribution in [0.2, 0.25) is 0 Å². The van der Waals surface area contributed by atoms with E-state index in [-0.39, 0.29) is 17.4 Å². The predicted molar refractivity (Wildman–Crippen MR) is 123 cm³/mol. The number of fused-ring (bicyclic) bond motifs is 3. The Morgan fingerprint density at radius 2 is 2.12 bits per heavy atom. The number of amides is 1. The van der Waals surface area contributed by atoms with Crippen molar-refractivity contribution in [3.63, 3.8) is 0 Å². The van der Waals surface area contributed by atoms with E-state index in [0.717, 1.165) is 62.1 Å². The van der Waals surface area contributed by atoms with Gasteiger partial charge in [0.25, 0.3) is 0 Å². The smallest absolute Gasteiger partial charge is 0.237 e. The van der Waals surface area contributed by atoms with Crippen LogP contribution in [0.3, 0.4) is 0 Å². The van der Waals surface area contributed by atoms with Crippen LogP contribution in [0.4, 0.5) is 0 Å². The Morgan fingerprint density at radius 3 is 2.91 bits per heavy atom. The molecule has 6 aliphatic rings. The number of piperidine rings is 2. The molecule has 7 rings (SSSR count). The zero-order valence-corrected chi connectivity index (χ0v) is 19.2. The first kappa shape index (κ1) is 19.8. The molecule has 3 saturated carbocycles. The van der Waals surface area contributed by atoms with E-state index in [1.807, 2.05) is 6.07 Å². The number of benzene rings is 1. The highest BCUT2D eigenvalue weighted by Crippen LogP contribution is 2.75. The molecule has 0 bridgehead atoms. The molecular weight excluding hydrogens is 398 g/mol. The monoisotopic (exact) mass is 435 g/mol. The van der Waals surface area contributed by atoms with Crippen LogP contribution in [0.25, 0.3) is 0 Å². The van der Waals surface area contributed by atoms with Gasteiger partial charge in [-0.3, -0.25) is 9.69 Å². The summed E-state index contributed by atoms with van der Waals surface area (Å²) in [6.07, 6.45) is 8.28. The lowest BCUT2D eigenvalue weighted by molar-refractivity contribution is -0.188. The summed E-state index contributed by atoms with van der Waals surface area (Å²) >= 11 is 0. The van der Waals surface area contributed by atoms with Crippen molar-refractivity contribution in [2.75, 3.05) is 19.6 Å². The van der Waals surface area contributed by atoms with Crippen LogP contribution >= 0.6 is 0 Å². The fourth-order valence-electron chi connectivity index (χ4n) is 9.07. The molecule has 5 nitrogen and oxygen atoms in total. The molecule has 1 aromatic carbocycles. The Kier molecular flexibility index (Phi) is 4.31. The van der Waals surface area contributed by atoms with E-state index in [4.69, 9.17) is 0 Å². The predicted octanol–water partition coefficient (Wildman–Crippen LogP) is 2.81. The van der Waals surface area contributed by atoms with Crippen LogP contribution in [-0.4, -0.2) is 53.7 Å². The Labute approximate surface area is 191 Å². The summed E-state index contributed by atoms with van der Waals surface area (Å²) in [6, 6.07) is 7.62. The van der Waals surface area contributed by atoms with E-state index in [2.05, 4.69) is 34.6 Å². The summed E-state index contributed by atoms with van der Waals surface area (Å²) in [4.78, 5) is 15.7. The van der Waals surface area contributed by atoms with Crippen molar-refractivity contribution < 1.29 is 9.90 Å². The molecule has 0 aromatic heterocycles. The van der Waals surface area contributed by atoms with Gasteiger partial charge in [0.1, 0.15) is 5.75 Å². The van der Waals surface area contributed by atoms with Gasteiger partial charge in [0, 0.05) is 30.6 Å². The van der Waals surface area contributed by atoms with Gasteiger partial charge in [-0.15, -0.1) is 0 Å². The van der Waals surface area contributed by atoms with Gasteiger partial charge in [0.05, 0.1) is 6.04 Å². The van der Waals surface area contributed by atoms with Gasteiger partial charge in [-0.2, -0.15) is 0 Å². The quantitative estimate of drug-likeness (QED) is 0.643. The Hall–Kier alpha value is -1.59. The average Bonchev–Trinajstić information content (AvgIpc) is 3.58. The standard InChI is InChI=1S/C27H37N3O2/c1-15-24-22-23-19(25(22)30(24)14-16-5-6-16)12-17-7-8-18(31)13-20(17)27(15,23)9-11-29-26(32)21-4-2-3-10-28-21/h7-8,13,15-16,19,21-25,28,31H,2-6,9-12,14H2,1H3,(H,29,32)/t15-,19+,21-,22?,23?,24-,25?,27+/m0/s1. The SMILES string of the molecule is C[C@H]1[C@H]2C3C([C@@H]4Cc5ccc(O)cc5[C@]1(CCNC(=O)[C@@H]1CCCCN1)C34)N2CC1CC1. The van der Waals surface area contributed by atoms with Crippen LogP contribution in [0.15, 0.2) is 18.2 Å². The van der Waals surface area contributed by atoms with E-state index >= 15 is 0 Å². The number of hydrogen-bond acceptors (Lipinski definition) is 4. The summed E-state index contributed by atoms with van der Waals surface area (Å²) < 4.78 is 0. The fraction of sp³-hybridized carbons (Fsp3) is 0.741. The van der Waals surface area contributed by atoms with Gasteiger partial charge in [-0.05, 0) is 97.9 Å². The van der Waals surface area contributed by atoms with Gasteiger partial charge in [0.2, 0.25) is 5.91 Å². The number of nitrogens with one attached hydrogen (secondary N) is 2. The molecule has 0 radical (unpaired) electrons. The van der Waals surface area contributed by atoms with Crippen LogP contribution in [-0.2, 0) is 16.6 Å². The molecule has 4 aliphatic carbocycles. The molecule has 5 fully saturated rings. The molecule has 32 heavy (non-hydrogen) atoms. The molecular formula is C27H37N3O2. The lowest BCUT2D eigenvalue weighted by Crippen LogP contribution is -2.76. The van der Waals surface area contributed by atoms with Crippen molar-refractivity contribution in [2.24, 2.45) is 29.6 Å². The molecule has 2 heterocycles. The minimum atomic E-state index is -0.0176. The van der Waals surface area contributed by atoms with Crippen molar-refractivity contribution in [3.05, 3.63) is 29.3 Å². The van der Waals surface area contributed by atoms with Gasteiger partial charge in [-0.1, -0.05) is 19.4 Å². The number of phenolic OH excluding ortho intramolecular Hbond substituents is 1. The number of aromatic hydroxyl groups is 1. The van der Waals surface area contributed by atoms with Crippen molar-refractivity contribution in [1.29, 1.82) is 0 Å². The Bertz CT molecular complexity index is 939. The maximum Gasteiger partial charge on any atom is 0.237 e. The lowest BCUT2D eigenvalue weighted by Gasteiger charge is -2.69. The van der Waals surface area contributed by atoms with Gasteiger partial charge in [-0.25, -0.2) is 0 Å². The number of phenols is 1. The number of carbonyl (C=O) groups excluding carboxylic acids is 1. The minimum absolute atomic E-state index is 0.0176. The number of nitrogens with zero attached hydrogens (tertiary/aromatic N) is 1. The first-order valence-electron chi connectivity index (χ1n) is 13.2. The van der Waals surface area contributed by atoms with Crippen molar-refractivity contribution in [1.82, 2.24) is 15.5 Å². The average molecular weight is 436 g/mol. The number of hydrogen-bond donors (Lipinski definition) is 3. The topological polar surface area (TPSA) is 64.6 Å². The highest BCUT2D eigenvalue weighted by Gasteiger charge is 2.79. The van der Waals surface area contributed by atoms with E-state index in [1.54, 1.807) is 0 Å². The number of carbonyl (C=O) groups is 1. The van der Waals surface area contributed by atoms with E-state index in [1.165, 1.54) is 43.4 Å².